The van der Waals surface area contributed by atoms with Gasteiger partial charge in [-0.1, -0.05) is 0 Å². The molecular weight excluding hydrogens is 455 g/mol. The van der Waals surface area contributed by atoms with Crippen molar-refractivity contribution >= 4 is 22.8 Å². The Kier molecular flexibility index (Phi) is 6.98. The van der Waals surface area contributed by atoms with Gasteiger partial charge in [0, 0.05) is 36.7 Å². The Morgan fingerprint density at radius 1 is 1.23 bits per heavy atom. The molecule has 0 spiro atoms. The zero-order chi connectivity index (χ0) is 24.2. The Morgan fingerprint density at radius 2 is 2.14 bits per heavy atom. The van der Waals surface area contributed by atoms with Crippen LogP contribution in [0.3, 0.4) is 0 Å². The van der Waals surface area contributed by atoms with E-state index in [9.17, 15) is 9.18 Å². The molecule has 0 saturated carbocycles. The molecule has 3 aromatic heterocycles. The summed E-state index contributed by atoms with van der Waals surface area (Å²) >= 11 is 0. The third-order valence-electron chi connectivity index (χ3n) is 6.17. The second kappa shape index (κ2) is 10.5. The van der Waals surface area contributed by atoms with E-state index in [-0.39, 0.29) is 30.3 Å². The van der Waals surface area contributed by atoms with Crippen molar-refractivity contribution in [2.24, 2.45) is 5.92 Å². The van der Waals surface area contributed by atoms with Gasteiger partial charge in [-0.2, -0.15) is 0 Å². The number of ether oxygens (including phenoxy) is 3. The second-order valence-corrected chi connectivity index (χ2v) is 8.53. The van der Waals surface area contributed by atoms with E-state index in [1.807, 2.05) is 12.1 Å². The van der Waals surface area contributed by atoms with E-state index in [0.717, 1.165) is 12.2 Å². The molecule has 184 valence electrons. The molecule has 5 heterocycles. The van der Waals surface area contributed by atoms with E-state index < -0.39 is 0 Å². The first-order valence-electron chi connectivity index (χ1n) is 11.5. The Morgan fingerprint density at radius 3 is 3.03 bits per heavy atom. The van der Waals surface area contributed by atoms with Gasteiger partial charge in [-0.25, -0.2) is 14.4 Å². The monoisotopic (exact) mass is 482 g/mol. The third-order valence-corrected chi connectivity index (χ3v) is 6.17. The predicted molar refractivity (Wildman–Crippen MR) is 126 cm³/mol. The Labute approximate surface area is 201 Å². The number of hydrogen-bond donors (Lipinski definition) is 3. The van der Waals surface area contributed by atoms with Gasteiger partial charge in [-0.15, -0.1) is 0 Å². The van der Waals surface area contributed by atoms with Crippen LogP contribution in [0.15, 0.2) is 30.5 Å². The number of aromatic nitrogens is 3. The normalized spacial score (nSPS) is 19.3. The van der Waals surface area contributed by atoms with Gasteiger partial charge in [0.2, 0.25) is 5.88 Å². The summed E-state index contributed by atoms with van der Waals surface area (Å²) in [6.07, 6.45) is 1.71. The highest BCUT2D eigenvalue weighted by Crippen LogP contribution is 2.25. The van der Waals surface area contributed by atoms with Crippen molar-refractivity contribution in [2.75, 3.05) is 45.3 Å². The number of fused-ring (bicyclic) bond motifs is 2. The maximum atomic E-state index is 14.5. The molecular formula is C24H27FN6O4. The van der Waals surface area contributed by atoms with E-state index in [1.54, 1.807) is 12.1 Å². The lowest BCUT2D eigenvalue weighted by atomic mass is 10.0. The van der Waals surface area contributed by atoms with Gasteiger partial charge in [-0.3, -0.25) is 9.78 Å². The first-order valence-corrected chi connectivity index (χ1v) is 11.5. The highest BCUT2D eigenvalue weighted by atomic mass is 19.1. The molecule has 10 nitrogen and oxygen atoms in total. The number of pyridine rings is 3. The molecule has 3 N–H and O–H groups in total. The maximum absolute atomic E-state index is 14.5. The predicted octanol–water partition coefficient (Wildman–Crippen LogP) is 1.44. The fourth-order valence-electron chi connectivity index (χ4n) is 4.33. The lowest BCUT2D eigenvalue weighted by Gasteiger charge is -2.20. The first-order chi connectivity index (χ1) is 17.1. The average Bonchev–Trinajstić information content (AvgIpc) is 3.32. The van der Waals surface area contributed by atoms with E-state index in [2.05, 4.69) is 30.9 Å². The summed E-state index contributed by atoms with van der Waals surface area (Å²) in [7, 11) is 1.53. The van der Waals surface area contributed by atoms with Crippen molar-refractivity contribution in [3.05, 3.63) is 47.5 Å². The van der Waals surface area contributed by atoms with Crippen molar-refractivity contribution in [3.63, 3.8) is 0 Å². The number of methoxy groups -OCH3 is 1. The van der Waals surface area contributed by atoms with Crippen molar-refractivity contribution in [3.8, 4) is 11.6 Å². The number of rotatable bonds is 9. The van der Waals surface area contributed by atoms with Crippen molar-refractivity contribution < 1.29 is 23.4 Å². The van der Waals surface area contributed by atoms with Gasteiger partial charge in [-0.05, 0) is 31.2 Å². The van der Waals surface area contributed by atoms with Gasteiger partial charge in [0.05, 0.1) is 43.2 Å². The zero-order valence-electron chi connectivity index (χ0n) is 19.3. The summed E-state index contributed by atoms with van der Waals surface area (Å²) in [6, 6.07) is 7.33. The Balaban J connectivity index is 1.14. The van der Waals surface area contributed by atoms with Crippen LogP contribution in [0.5, 0.6) is 11.6 Å². The fourth-order valence-corrected chi connectivity index (χ4v) is 4.33. The summed E-state index contributed by atoms with van der Waals surface area (Å²) < 4.78 is 30.8. The van der Waals surface area contributed by atoms with Crippen LogP contribution >= 0.6 is 0 Å². The molecule has 2 aliphatic rings. The minimum Gasteiger partial charge on any atom is -0.481 e. The van der Waals surface area contributed by atoms with Crippen LogP contribution in [0.2, 0.25) is 0 Å². The van der Waals surface area contributed by atoms with Crippen LogP contribution in [0.4, 0.5) is 10.2 Å². The fraction of sp³-hybridized carbons (Fsp3) is 0.417. The summed E-state index contributed by atoms with van der Waals surface area (Å²) in [6.45, 7) is 3.09. The van der Waals surface area contributed by atoms with Crippen LogP contribution in [0.1, 0.15) is 11.3 Å². The molecule has 2 atom stereocenters. The van der Waals surface area contributed by atoms with Crippen molar-refractivity contribution in [1.82, 2.24) is 25.6 Å². The van der Waals surface area contributed by atoms with Gasteiger partial charge in [0.1, 0.15) is 5.82 Å². The lowest BCUT2D eigenvalue weighted by Crippen LogP contribution is -2.41. The summed E-state index contributed by atoms with van der Waals surface area (Å²) in [5.41, 5.74) is 2.48. The number of nitrogens with one attached hydrogen (secondary N) is 3. The van der Waals surface area contributed by atoms with Crippen LogP contribution < -0.4 is 25.4 Å². The highest BCUT2D eigenvalue weighted by molar-refractivity contribution is 5.94. The molecule has 1 fully saturated rings. The van der Waals surface area contributed by atoms with Crippen molar-refractivity contribution in [1.29, 1.82) is 0 Å². The molecule has 1 amide bonds. The molecule has 1 saturated heterocycles. The molecule has 0 aliphatic carbocycles. The van der Waals surface area contributed by atoms with Gasteiger partial charge in [0.15, 0.2) is 18.2 Å². The molecule has 0 bridgehead atoms. The topological polar surface area (TPSA) is 120 Å². The lowest BCUT2D eigenvalue weighted by molar-refractivity contribution is -0.118. The van der Waals surface area contributed by atoms with E-state index in [0.29, 0.717) is 66.8 Å². The van der Waals surface area contributed by atoms with Crippen LogP contribution in [0.25, 0.3) is 11.0 Å². The minimum absolute atomic E-state index is 0.0110. The largest absolute Gasteiger partial charge is 0.481 e. The number of anilines is 1. The van der Waals surface area contributed by atoms with E-state index >= 15 is 0 Å². The number of hydrogen-bond acceptors (Lipinski definition) is 9. The van der Waals surface area contributed by atoms with Crippen molar-refractivity contribution in [2.45, 2.75) is 19.0 Å². The Hall–Kier alpha value is -3.41. The molecule has 35 heavy (non-hydrogen) atoms. The van der Waals surface area contributed by atoms with Gasteiger partial charge >= 0.3 is 0 Å². The Bertz CT molecular complexity index is 1230. The number of carbonyl (C=O) groups is 1. The number of nitrogens with zero attached hydrogens (tertiary/aromatic N) is 3. The zero-order valence-corrected chi connectivity index (χ0v) is 19.3. The smallest absolute Gasteiger partial charge is 0.263 e. The molecule has 0 aromatic carbocycles. The van der Waals surface area contributed by atoms with Crippen LogP contribution in [-0.2, 0) is 22.5 Å². The summed E-state index contributed by atoms with van der Waals surface area (Å²) in [5, 5.41) is 9.64. The van der Waals surface area contributed by atoms with Gasteiger partial charge in [0.25, 0.3) is 5.91 Å². The number of carbonyl (C=O) groups excluding carboxylic acids is 1. The third kappa shape index (κ3) is 5.31. The van der Waals surface area contributed by atoms with E-state index in [4.69, 9.17) is 14.2 Å². The molecule has 11 heteroatoms. The van der Waals surface area contributed by atoms with Crippen LogP contribution in [-0.4, -0.2) is 66.9 Å². The maximum Gasteiger partial charge on any atom is 0.263 e. The summed E-state index contributed by atoms with van der Waals surface area (Å²) in [5.74, 6) is 1.13. The number of halogens is 1. The van der Waals surface area contributed by atoms with Gasteiger partial charge < -0.3 is 30.2 Å². The second-order valence-electron chi connectivity index (χ2n) is 8.53. The summed E-state index contributed by atoms with van der Waals surface area (Å²) in [4.78, 5) is 24.5. The standard InChI is InChI=1S/C24H27FN6O4/c1-33-22-5-3-18-23(31-22)16(17(25)10-28-18)6-7-27-19-12-34-11-14(19)8-26-9-15-2-4-20-24(29-15)30-21(32)13-35-20/h2-5,10,14,19,26-27H,6-9,11-13H2,1H3,(H,29,30,32)/t14-,19-/m0/s1. The molecule has 2 aliphatic heterocycles. The molecule has 0 radical (unpaired) electrons. The molecule has 3 aromatic rings. The van der Waals surface area contributed by atoms with E-state index in [1.165, 1.54) is 13.3 Å². The van der Waals surface area contributed by atoms with Crippen LogP contribution in [0, 0.1) is 11.7 Å². The molecule has 5 rings (SSSR count). The highest BCUT2D eigenvalue weighted by Gasteiger charge is 2.27. The number of amides is 1. The average molecular weight is 483 g/mol. The SMILES string of the molecule is COc1ccc2ncc(F)c(CCN[C@H]3COC[C@@H]3CNCc3ccc4c(n3)NC(=O)CO4)c2n1. The first kappa shape index (κ1) is 23.3. The quantitative estimate of drug-likeness (QED) is 0.416. The molecule has 0 unspecified atom stereocenters. The minimum atomic E-state index is -0.375.